The van der Waals surface area contributed by atoms with Crippen LogP contribution < -0.4 is 5.32 Å². The molecular formula is C20H30F2N2O3. The lowest BCUT2D eigenvalue weighted by Crippen LogP contribution is -2.63. The van der Waals surface area contributed by atoms with Gasteiger partial charge in [0.05, 0.1) is 12.1 Å². The minimum absolute atomic E-state index is 0.0781. The van der Waals surface area contributed by atoms with Crippen molar-refractivity contribution in [2.75, 3.05) is 26.2 Å². The first-order valence-corrected chi connectivity index (χ1v) is 9.58. The Morgan fingerprint density at radius 1 is 1.22 bits per heavy atom. The average Bonchev–Trinajstić information content (AvgIpc) is 3.11. The summed E-state index contributed by atoms with van der Waals surface area (Å²) in [4.78, 5) is 25.4. The summed E-state index contributed by atoms with van der Waals surface area (Å²) in [5.74, 6) is -1.31. The Balaban J connectivity index is 0.000000305. The van der Waals surface area contributed by atoms with Gasteiger partial charge in [0.25, 0.3) is 0 Å². The molecule has 1 saturated carbocycles. The van der Waals surface area contributed by atoms with Crippen molar-refractivity contribution < 1.29 is 23.1 Å². The van der Waals surface area contributed by atoms with Crippen molar-refractivity contribution in [3.05, 3.63) is 35.9 Å². The molecule has 1 aromatic rings. The molecule has 1 aliphatic heterocycles. The van der Waals surface area contributed by atoms with E-state index < -0.39 is 11.6 Å². The lowest BCUT2D eigenvalue weighted by atomic mass is 9.93. The summed E-state index contributed by atoms with van der Waals surface area (Å²) in [6.45, 7) is 7.60. The predicted molar refractivity (Wildman–Crippen MR) is 100 cm³/mol. The number of benzene rings is 1. The van der Waals surface area contributed by atoms with Crippen LogP contribution in [0.1, 0.15) is 46.5 Å². The topological polar surface area (TPSA) is 58.6 Å². The highest BCUT2D eigenvalue weighted by atomic mass is 19.1. The quantitative estimate of drug-likeness (QED) is 0.813. The Bertz CT molecular complexity index is 587. The van der Waals surface area contributed by atoms with E-state index in [-0.39, 0.29) is 24.0 Å². The summed E-state index contributed by atoms with van der Waals surface area (Å²) in [7, 11) is 0. The van der Waals surface area contributed by atoms with Gasteiger partial charge in [-0.3, -0.25) is 9.59 Å². The summed E-state index contributed by atoms with van der Waals surface area (Å²) in [6.07, 6.45) is 3.97. The molecule has 1 aliphatic carbocycles. The number of nitrogens with zero attached hydrogens (tertiary/aromatic N) is 1. The fourth-order valence-corrected chi connectivity index (χ4v) is 3.25. The third-order valence-electron chi connectivity index (χ3n) is 4.41. The molecule has 0 atom stereocenters. The maximum Gasteiger partial charge on any atom is 0.325 e. The largest absolute Gasteiger partial charge is 0.465 e. The molecule has 0 unspecified atom stereocenters. The highest BCUT2D eigenvalue weighted by molar-refractivity contribution is 5.90. The molecule has 1 spiro atoms. The molecule has 1 amide bonds. The molecular weight excluding hydrogens is 354 g/mol. The maximum atomic E-state index is 12.3. The number of hydrogen-bond acceptors (Lipinski definition) is 4. The van der Waals surface area contributed by atoms with Crippen molar-refractivity contribution in [3.8, 4) is 0 Å². The summed E-state index contributed by atoms with van der Waals surface area (Å²) in [6, 6.07) is 4.55. The first-order chi connectivity index (χ1) is 13.0. The normalized spacial score (nSPS) is 17.5. The van der Waals surface area contributed by atoms with Gasteiger partial charge < -0.3 is 15.0 Å². The number of piperazine rings is 1. The van der Waals surface area contributed by atoms with Crippen LogP contribution in [0.25, 0.3) is 0 Å². The Morgan fingerprint density at radius 3 is 2.30 bits per heavy atom. The second-order valence-corrected chi connectivity index (χ2v) is 6.19. The van der Waals surface area contributed by atoms with Crippen molar-refractivity contribution in [1.29, 1.82) is 0 Å². The van der Waals surface area contributed by atoms with Gasteiger partial charge >= 0.3 is 5.97 Å². The van der Waals surface area contributed by atoms with Gasteiger partial charge in [-0.2, -0.15) is 0 Å². The Morgan fingerprint density at radius 2 is 1.81 bits per heavy atom. The highest BCUT2D eigenvalue weighted by Crippen LogP contribution is 2.32. The number of amides is 1. The fourth-order valence-electron chi connectivity index (χ4n) is 3.25. The molecule has 1 saturated heterocycles. The zero-order valence-electron chi connectivity index (χ0n) is 16.4. The third kappa shape index (κ3) is 6.90. The van der Waals surface area contributed by atoms with Crippen LogP contribution in [0.3, 0.4) is 0 Å². The van der Waals surface area contributed by atoms with Gasteiger partial charge in [0.1, 0.15) is 18.2 Å². The van der Waals surface area contributed by atoms with Crippen LogP contribution in [0.2, 0.25) is 0 Å². The molecule has 3 rings (SSSR count). The molecule has 5 nitrogen and oxygen atoms in total. The lowest BCUT2D eigenvalue weighted by Gasteiger charge is -2.39. The number of esters is 1. The van der Waals surface area contributed by atoms with E-state index in [0.717, 1.165) is 38.3 Å². The first kappa shape index (κ1) is 23.0. The molecule has 1 heterocycles. The van der Waals surface area contributed by atoms with Crippen molar-refractivity contribution in [3.63, 3.8) is 0 Å². The fraction of sp³-hybridized carbons (Fsp3) is 0.600. The molecule has 27 heavy (non-hydrogen) atoms. The number of hydrogen-bond donors (Lipinski definition) is 1. The van der Waals surface area contributed by atoms with Crippen molar-refractivity contribution >= 4 is 11.9 Å². The SMILES string of the molecule is CC.CCOC(=O)CN1CCNC2(CCCC2)C1=O.Fc1cccc(F)c1. The predicted octanol–water partition coefficient (Wildman–Crippen LogP) is 3.29. The third-order valence-corrected chi connectivity index (χ3v) is 4.41. The van der Waals surface area contributed by atoms with Gasteiger partial charge in [0.2, 0.25) is 5.91 Å². The number of carbonyl (C=O) groups excluding carboxylic acids is 2. The van der Waals surface area contributed by atoms with Gasteiger partial charge in [0.15, 0.2) is 0 Å². The van der Waals surface area contributed by atoms with Crippen LogP contribution in [-0.4, -0.2) is 48.6 Å². The van der Waals surface area contributed by atoms with Gasteiger partial charge in [-0.15, -0.1) is 0 Å². The first-order valence-electron chi connectivity index (χ1n) is 9.58. The number of carbonyl (C=O) groups is 2. The van der Waals surface area contributed by atoms with Crippen LogP contribution in [-0.2, 0) is 14.3 Å². The average molecular weight is 384 g/mol. The van der Waals surface area contributed by atoms with E-state index in [1.165, 1.54) is 18.2 Å². The second-order valence-electron chi connectivity index (χ2n) is 6.19. The second kappa shape index (κ2) is 11.6. The minimum atomic E-state index is -0.537. The van der Waals surface area contributed by atoms with E-state index in [1.807, 2.05) is 13.8 Å². The summed E-state index contributed by atoms with van der Waals surface area (Å²) in [5, 5.41) is 3.34. The molecule has 0 aromatic heterocycles. The molecule has 0 radical (unpaired) electrons. The van der Waals surface area contributed by atoms with Gasteiger partial charge in [0, 0.05) is 19.2 Å². The monoisotopic (exact) mass is 384 g/mol. The Labute approximate surface area is 160 Å². The van der Waals surface area contributed by atoms with Crippen LogP contribution in [0, 0.1) is 11.6 Å². The van der Waals surface area contributed by atoms with E-state index in [0.29, 0.717) is 13.2 Å². The van der Waals surface area contributed by atoms with Crippen LogP contribution in [0.15, 0.2) is 24.3 Å². The standard InChI is InChI=1S/C12H20N2O3.C6H4F2.C2H6/c1-2-17-10(15)9-14-8-7-13-12(11(14)16)5-3-4-6-12;7-5-2-1-3-6(8)4-5;1-2/h13H,2-9H2,1H3;1-4H;1-2H3. The molecule has 1 N–H and O–H groups in total. The number of halogens is 2. The zero-order valence-corrected chi connectivity index (χ0v) is 16.4. The van der Waals surface area contributed by atoms with Crippen molar-refractivity contribution in [2.45, 2.75) is 52.0 Å². The smallest absolute Gasteiger partial charge is 0.325 e. The van der Waals surface area contributed by atoms with Crippen LogP contribution >= 0.6 is 0 Å². The van der Waals surface area contributed by atoms with E-state index in [2.05, 4.69) is 5.32 Å². The van der Waals surface area contributed by atoms with Gasteiger partial charge in [-0.1, -0.05) is 32.8 Å². The van der Waals surface area contributed by atoms with E-state index >= 15 is 0 Å². The van der Waals surface area contributed by atoms with Crippen molar-refractivity contribution in [1.82, 2.24) is 10.2 Å². The van der Waals surface area contributed by atoms with Gasteiger partial charge in [-0.25, -0.2) is 8.78 Å². The molecule has 7 heteroatoms. The van der Waals surface area contributed by atoms with Crippen LogP contribution in [0.5, 0.6) is 0 Å². The molecule has 2 fully saturated rings. The van der Waals surface area contributed by atoms with E-state index in [1.54, 1.807) is 11.8 Å². The number of nitrogens with one attached hydrogen (secondary N) is 1. The molecule has 2 aliphatic rings. The number of ether oxygens (including phenoxy) is 1. The van der Waals surface area contributed by atoms with Crippen LogP contribution in [0.4, 0.5) is 8.78 Å². The Hall–Kier alpha value is -2.02. The maximum absolute atomic E-state index is 12.3. The lowest BCUT2D eigenvalue weighted by molar-refractivity contribution is -0.152. The molecule has 152 valence electrons. The summed E-state index contributed by atoms with van der Waals surface area (Å²) in [5.41, 5.74) is -0.384. The Kier molecular flexibility index (Phi) is 9.93. The molecule has 0 bridgehead atoms. The minimum Gasteiger partial charge on any atom is -0.465 e. The summed E-state index contributed by atoms with van der Waals surface area (Å²) < 4.78 is 28.7. The number of rotatable bonds is 3. The van der Waals surface area contributed by atoms with Gasteiger partial charge in [-0.05, 0) is 31.9 Å². The van der Waals surface area contributed by atoms with E-state index in [4.69, 9.17) is 4.74 Å². The zero-order chi connectivity index (χ0) is 20.3. The van der Waals surface area contributed by atoms with E-state index in [9.17, 15) is 18.4 Å². The van der Waals surface area contributed by atoms with Crippen molar-refractivity contribution in [2.24, 2.45) is 0 Å². The summed E-state index contributed by atoms with van der Waals surface area (Å²) >= 11 is 0. The molecule has 1 aromatic carbocycles. The highest BCUT2D eigenvalue weighted by Gasteiger charge is 2.45.